The highest BCUT2D eigenvalue weighted by atomic mass is 35.5. The van der Waals surface area contributed by atoms with Gasteiger partial charge in [0.15, 0.2) is 0 Å². The Kier molecular flexibility index (Phi) is 9.05. The molecule has 3 rings (SSSR count). The zero-order valence-corrected chi connectivity index (χ0v) is 22.2. The van der Waals surface area contributed by atoms with Crippen LogP contribution < -0.4 is 5.32 Å². The summed E-state index contributed by atoms with van der Waals surface area (Å²) in [5, 5.41) is 8.55. The Balaban J connectivity index is 1.75. The Labute approximate surface area is 213 Å². The maximum absolute atomic E-state index is 13.0. The van der Waals surface area contributed by atoms with Crippen molar-refractivity contribution in [3.63, 3.8) is 0 Å². The van der Waals surface area contributed by atoms with Crippen LogP contribution in [0.5, 0.6) is 0 Å². The molecule has 0 unspecified atom stereocenters. The van der Waals surface area contributed by atoms with Crippen molar-refractivity contribution in [1.29, 1.82) is 0 Å². The summed E-state index contributed by atoms with van der Waals surface area (Å²) in [6.07, 6.45) is 7.20. The van der Waals surface area contributed by atoms with E-state index in [1.165, 1.54) is 25.7 Å². The molecule has 186 valence electrons. The summed E-state index contributed by atoms with van der Waals surface area (Å²) < 4.78 is 1.66. The Morgan fingerprint density at radius 3 is 2.47 bits per heavy atom. The summed E-state index contributed by atoms with van der Waals surface area (Å²) in [5.41, 5.74) is 1.30. The quantitative estimate of drug-likeness (QED) is 0.415. The number of carbonyl (C=O) groups excluding carboxylic acids is 2. The van der Waals surface area contributed by atoms with Crippen LogP contribution in [0.2, 0.25) is 10.0 Å². The molecule has 1 aliphatic carbocycles. The molecule has 0 saturated heterocycles. The van der Waals surface area contributed by atoms with Gasteiger partial charge in [0.1, 0.15) is 5.82 Å². The Hall–Kier alpha value is -2.05. The lowest BCUT2D eigenvalue weighted by Gasteiger charge is -2.22. The van der Waals surface area contributed by atoms with Crippen molar-refractivity contribution < 1.29 is 9.59 Å². The van der Waals surface area contributed by atoms with Crippen molar-refractivity contribution >= 4 is 40.8 Å². The number of hydrogen-bond acceptors (Lipinski definition) is 3. The zero-order valence-electron chi connectivity index (χ0n) is 20.7. The van der Waals surface area contributed by atoms with Gasteiger partial charge in [-0.05, 0) is 37.0 Å². The van der Waals surface area contributed by atoms with E-state index in [0.717, 1.165) is 18.5 Å². The van der Waals surface area contributed by atoms with Crippen LogP contribution in [0.4, 0.5) is 5.82 Å². The standard InChI is InChI=1S/C26H36Cl2N4O2/c1-5-14-31(25(34)13-10-18-8-6-7-9-18)17-24(33)29-23-16-22(26(2,3)4)30-32(23)19-11-12-20(27)21(28)15-19/h11-12,15-16,18H,5-10,13-14,17H2,1-4H3,(H,29,33). The van der Waals surface area contributed by atoms with Gasteiger partial charge in [0.05, 0.1) is 28.0 Å². The number of anilines is 1. The number of rotatable bonds is 9. The molecule has 1 heterocycles. The first kappa shape index (κ1) is 26.6. The molecule has 1 fully saturated rings. The van der Waals surface area contributed by atoms with Gasteiger partial charge in [0.2, 0.25) is 11.8 Å². The molecular weight excluding hydrogens is 471 g/mol. The summed E-state index contributed by atoms with van der Waals surface area (Å²) in [5.74, 6) is 0.988. The van der Waals surface area contributed by atoms with E-state index in [9.17, 15) is 9.59 Å². The lowest BCUT2D eigenvalue weighted by atomic mass is 9.92. The van der Waals surface area contributed by atoms with E-state index >= 15 is 0 Å². The fraction of sp³-hybridized carbons (Fsp3) is 0.577. The molecule has 34 heavy (non-hydrogen) atoms. The molecule has 1 aromatic heterocycles. The molecule has 1 aromatic carbocycles. The van der Waals surface area contributed by atoms with Crippen LogP contribution in [-0.2, 0) is 15.0 Å². The van der Waals surface area contributed by atoms with Crippen LogP contribution >= 0.6 is 23.2 Å². The van der Waals surface area contributed by atoms with Gasteiger partial charge in [-0.2, -0.15) is 5.10 Å². The van der Waals surface area contributed by atoms with Crippen molar-refractivity contribution in [2.45, 2.75) is 78.1 Å². The third kappa shape index (κ3) is 6.98. The van der Waals surface area contributed by atoms with Gasteiger partial charge in [0.25, 0.3) is 0 Å². The summed E-state index contributed by atoms with van der Waals surface area (Å²) in [6, 6.07) is 7.09. The molecule has 0 atom stereocenters. The average molecular weight is 508 g/mol. The van der Waals surface area contributed by atoms with Crippen LogP contribution in [0, 0.1) is 5.92 Å². The number of carbonyl (C=O) groups is 2. The maximum atomic E-state index is 13.0. The largest absolute Gasteiger partial charge is 0.333 e. The zero-order chi connectivity index (χ0) is 24.9. The highest BCUT2D eigenvalue weighted by Gasteiger charge is 2.24. The predicted octanol–water partition coefficient (Wildman–Crippen LogP) is 6.62. The molecule has 1 N–H and O–H groups in total. The first-order valence-corrected chi connectivity index (χ1v) is 13.0. The second-order valence-corrected chi connectivity index (χ2v) is 11.0. The van der Waals surface area contributed by atoms with E-state index in [1.54, 1.807) is 27.8 Å². The summed E-state index contributed by atoms with van der Waals surface area (Å²) in [6.45, 7) is 8.79. The van der Waals surface area contributed by atoms with Crippen LogP contribution in [0.25, 0.3) is 5.69 Å². The number of nitrogens with one attached hydrogen (secondary N) is 1. The molecular formula is C26H36Cl2N4O2. The lowest BCUT2D eigenvalue weighted by Crippen LogP contribution is -2.38. The van der Waals surface area contributed by atoms with Gasteiger partial charge in [-0.15, -0.1) is 0 Å². The van der Waals surface area contributed by atoms with Gasteiger partial charge in [0, 0.05) is 24.4 Å². The molecule has 8 heteroatoms. The van der Waals surface area contributed by atoms with Crippen molar-refractivity contribution in [2.75, 3.05) is 18.4 Å². The van der Waals surface area contributed by atoms with E-state index in [2.05, 4.69) is 26.1 Å². The average Bonchev–Trinajstić information content (AvgIpc) is 3.43. The third-order valence-electron chi connectivity index (χ3n) is 6.31. The van der Waals surface area contributed by atoms with Crippen molar-refractivity contribution in [1.82, 2.24) is 14.7 Å². The van der Waals surface area contributed by atoms with Crippen LogP contribution in [-0.4, -0.2) is 39.6 Å². The molecule has 0 radical (unpaired) electrons. The number of benzene rings is 1. The molecule has 1 aliphatic rings. The smallest absolute Gasteiger partial charge is 0.245 e. The Morgan fingerprint density at radius 2 is 1.85 bits per heavy atom. The van der Waals surface area contributed by atoms with Crippen LogP contribution in [0.15, 0.2) is 24.3 Å². The fourth-order valence-electron chi connectivity index (χ4n) is 4.35. The van der Waals surface area contributed by atoms with E-state index in [0.29, 0.717) is 40.4 Å². The molecule has 2 aromatic rings. The van der Waals surface area contributed by atoms with E-state index < -0.39 is 0 Å². The molecule has 0 bridgehead atoms. The second kappa shape index (κ2) is 11.6. The normalized spacial score (nSPS) is 14.4. The summed E-state index contributed by atoms with van der Waals surface area (Å²) in [7, 11) is 0. The summed E-state index contributed by atoms with van der Waals surface area (Å²) in [4.78, 5) is 27.6. The van der Waals surface area contributed by atoms with E-state index in [1.807, 2.05) is 13.0 Å². The van der Waals surface area contributed by atoms with Gasteiger partial charge in [-0.3, -0.25) is 9.59 Å². The molecule has 0 aliphatic heterocycles. The third-order valence-corrected chi connectivity index (χ3v) is 7.05. The van der Waals surface area contributed by atoms with Gasteiger partial charge in [-0.1, -0.05) is 76.6 Å². The van der Waals surface area contributed by atoms with Gasteiger partial charge >= 0.3 is 0 Å². The van der Waals surface area contributed by atoms with E-state index in [4.69, 9.17) is 28.3 Å². The molecule has 2 amide bonds. The van der Waals surface area contributed by atoms with Crippen molar-refractivity contribution in [3.8, 4) is 5.69 Å². The van der Waals surface area contributed by atoms with E-state index in [-0.39, 0.29) is 23.8 Å². The number of nitrogens with zero attached hydrogens (tertiary/aromatic N) is 3. The predicted molar refractivity (Wildman–Crippen MR) is 139 cm³/mol. The van der Waals surface area contributed by atoms with Gasteiger partial charge in [-0.25, -0.2) is 4.68 Å². The molecule has 0 spiro atoms. The number of hydrogen-bond donors (Lipinski definition) is 1. The highest BCUT2D eigenvalue weighted by Crippen LogP contribution is 2.30. The minimum Gasteiger partial charge on any atom is -0.333 e. The first-order valence-electron chi connectivity index (χ1n) is 12.2. The van der Waals surface area contributed by atoms with Crippen LogP contribution in [0.1, 0.15) is 78.3 Å². The maximum Gasteiger partial charge on any atom is 0.245 e. The monoisotopic (exact) mass is 506 g/mol. The van der Waals surface area contributed by atoms with Gasteiger partial charge < -0.3 is 10.2 Å². The first-order chi connectivity index (χ1) is 16.1. The van der Waals surface area contributed by atoms with Crippen molar-refractivity contribution in [3.05, 3.63) is 40.0 Å². The highest BCUT2D eigenvalue weighted by molar-refractivity contribution is 6.42. The molecule has 1 saturated carbocycles. The summed E-state index contributed by atoms with van der Waals surface area (Å²) >= 11 is 12.3. The topological polar surface area (TPSA) is 67.2 Å². The Morgan fingerprint density at radius 1 is 1.15 bits per heavy atom. The number of halogens is 2. The van der Waals surface area contributed by atoms with Crippen molar-refractivity contribution in [2.24, 2.45) is 5.92 Å². The fourth-order valence-corrected chi connectivity index (χ4v) is 4.64. The minimum absolute atomic E-state index is 0.0226. The molecule has 6 nitrogen and oxygen atoms in total. The minimum atomic E-state index is -0.246. The lowest BCUT2D eigenvalue weighted by molar-refractivity contribution is -0.135. The number of aromatic nitrogens is 2. The SMILES string of the molecule is CCCN(CC(=O)Nc1cc(C(C)(C)C)nn1-c1ccc(Cl)c(Cl)c1)C(=O)CCC1CCCC1. The number of amides is 2. The Bertz CT molecular complexity index is 1010. The second-order valence-electron chi connectivity index (χ2n) is 10.2. The van der Waals surface area contributed by atoms with Crippen LogP contribution in [0.3, 0.4) is 0 Å².